The third-order valence-electron chi connectivity index (χ3n) is 1.08. The van der Waals surface area contributed by atoms with E-state index in [2.05, 4.69) is 25.3 Å². The van der Waals surface area contributed by atoms with Crippen molar-refractivity contribution in [3.05, 3.63) is 23.9 Å². The predicted octanol–water partition coefficient (Wildman–Crippen LogP) is 2.57. The number of rotatable bonds is 3. The van der Waals surface area contributed by atoms with Crippen LogP contribution in [0.4, 0.5) is 0 Å². The summed E-state index contributed by atoms with van der Waals surface area (Å²) in [5, 5.41) is 0. The lowest BCUT2D eigenvalue weighted by Crippen LogP contribution is -2.15. The third kappa shape index (κ3) is 7.26. The van der Waals surface area contributed by atoms with E-state index in [0.717, 1.165) is 0 Å². The molecule has 0 heterocycles. The molecule has 0 aromatic heterocycles. The average molecular weight is 168 g/mol. The number of carbonyl (C=O) groups excluding carboxylic acids is 1. The van der Waals surface area contributed by atoms with Crippen LogP contribution < -0.4 is 0 Å². The van der Waals surface area contributed by atoms with Gasteiger partial charge in [0.05, 0.1) is 8.07 Å². The Morgan fingerprint density at radius 1 is 1.18 bits per heavy atom. The highest BCUT2D eigenvalue weighted by Crippen LogP contribution is 2.01. The molecule has 0 rings (SSSR count). The largest absolute Gasteiger partial charge is 0.290 e. The van der Waals surface area contributed by atoms with Crippen LogP contribution in [-0.4, -0.2) is 13.9 Å². The second-order valence-electron chi connectivity index (χ2n) is 3.60. The van der Waals surface area contributed by atoms with Crippen molar-refractivity contribution >= 4 is 13.9 Å². The van der Waals surface area contributed by atoms with Gasteiger partial charge in [-0.3, -0.25) is 4.79 Å². The molecular formula is C9H16OSi. The molecule has 0 unspecified atom stereocenters. The van der Waals surface area contributed by atoms with Gasteiger partial charge in [0.25, 0.3) is 0 Å². The van der Waals surface area contributed by atoms with Crippen molar-refractivity contribution in [1.82, 2.24) is 0 Å². The van der Waals surface area contributed by atoms with Crippen molar-refractivity contribution in [2.24, 2.45) is 0 Å². The zero-order valence-electron chi connectivity index (χ0n) is 7.72. The first-order valence-electron chi connectivity index (χ1n) is 3.81. The Kier molecular flexibility index (Phi) is 4.04. The molecule has 0 N–H and O–H groups in total. The standard InChI is InChI=1S/C9H16OSi/c1-5-6-9(10)7-8-11(2,3)4/h5-8H,1-4H3/b6-5+,8-7+. The molecule has 2 heteroatoms. The first kappa shape index (κ1) is 10.4. The third-order valence-corrected chi connectivity index (χ3v) is 2.25. The molecule has 0 saturated heterocycles. The molecular weight excluding hydrogens is 152 g/mol. The van der Waals surface area contributed by atoms with Gasteiger partial charge >= 0.3 is 0 Å². The molecule has 0 aromatic rings. The van der Waals surface area contributed by atoms with E-state index in [-0.39, 0.29) is 5.78 Å². The fourth-order valence-corrected chi connectivity index (χ4v) is 1.22. The minimum absolute atomic E-state index is 0.0925. The van der Waals surface area contributed by atoms with Crippen LogP contribution in [0.25, 0.3) is 0 Å². The maximum absolute atomic E-state index is 10.9. The van der Waals surface area contributed by atoms with Gasteiger partial charge in [-0.05, 0) is 19.1 Å². The van der Waals surface area contributed by atoms with E-state index in [1.165, 1.54) is 0 Å². The molecule has 0 fully saturated rings. The predicted molar refractivity (Wildman–Crippen MR) is 52.3 cm³/mol. The first-order chi connectivity index (χ1) is 4.95. The highest BCUT2D eigenvalue weighted by atomic mass is 28.3. The second kappa shape index (κ2) is 4.29. The molecule has 11 heavy (non-hydrogen) atoms. The summed E-state index contributed by atoms with van der Waals surface area (Å²) in [4.78, 5) is 10.9. The van der Waals surface area contributed by atoms with E-state index >= 15 is 0 Å². The molecule has 0 atom stereocenters. The van der Waals surface area contributed by atoms with E-state index in [0.29, 0.717) is 0 Å². The van der Waals surface area contributed by atoms with Crippen LogP contribution in [0.5, 0.6) is 0 Å². The summed E-state index contributed by atoms with van der Waals surface area (Å²) >= 11 is 0. The van der Waals surface area contributed by atoms with Crippen molar-refractivity contribution in [3.63, 3.8) is 0 Å². The quantitative estimate of drug-likeness (QED) is 0.467. The van der Waals surface area contributed by atoms with Gasteiger partial charge < -0.3 is 0 Å². The number of carbonyl (C=O) groups is 1. The van der Waals surface area contributed by atoms with Crippen LogP contribution in [-0.2, 0) is 4.79 Å². The Hall–Kier alpha value is -0.633. The van der Waals surface area contributed by atoms with E-state index in [1.54, 1.807) is 18.2 Å². The van der Waals surface area contributed by atoms with Gasteiger partial charge in [0, 0.05) is 0 Å². The lowest BCUT2D eigenvalue weighted by atomic mass is 10.3. The van der Waals surface area contributed by atoms with Crippen LogP contribution in [0.2, 0.25) is 19.6 Å². The van der Waals surface area contributed by atoms with E-state index in [9.17, 15) is 4.79 Å². The molecule has 0 radical (unpaired) electrons. The zero-order chi connectivity index (χ0) is 8.91. The first-order valence-corrected chi connectivity index (χ1v) is 7.39. The van der Waals surface area contributed by atoms with E-state index in [4.69, 9.17) is 0 Å². The zero-order valence-corrected chi connectivity index (χ0v) is 8.72. The van der Waals surface area contributed by atoms with Crippen LogP contribution in [0, 0.1) is 0 Å². The Labute approximate surface area is 69.8 Å². The van der Waals surface area contributed by atoms with Crippen molar-refractivity contribution in [2.45, 2.75) is 26.6 Å². The van der Waals surface area contributed by atoms with Gasteiger partial charge in [0.2, 0.25) is 0 Å². The number of hydrogen-bond donors (Lipinski definition) is 0. The summed E-state index contributed by atoms with van der Waals surface area (Å²) in [5.74, 6) is 0.0925. The van der Waals surface area contributed by atoms with Crippen molar-refractivity contribution in [3.8, 4) is 0 Å². The minimum Gasteiger partial charge on any atom is -0.290 e. The van der Waals surface area contributed by atoms with Gasteiger partial charge in [-0.15, -0.1) is 0 Å². The monoisotopic (exact) mass is 168 g/mol. The van der Waals surface area contributed by atoms with Crippen LogP contribution >= 0.6 is 0 Å². The number of allylic oxidation sites excluding steroid dienone is 3. The van der Waals surface area contributed by atoms with Gasteiger partial charge in [0.1, 0.15) is 0 Å². The molecule has 0 aliphatic heterocycles. The second-order valence-corrected chi connectivity index (χ2v) is 8.67. The smallest absolute Gasteiger partial charge is 0.177 e. The van der Waals surface area contributed by atoms with Crippen LogP contribution in [0.1, 0.15) is 6.92 Å². The molecule has 0 spiro atoms. The van der Waals surface area contributed by atoms with Gasteiger partial charge in [-0.2, -0.15) is 0 Å². The summed E-state index contributed by atoms with van der Waals surface area (Å²) in [6.45, 7) is 8.45. The lowest BCUT2D eigenvalue weighted by molar-refractivity contribution is -0.110. The van der Waals surface area contributed by atoms with Gasteiger partial charge in [-0.25, -0.2) is 0 Å². The Morgan fingerprint density at radius 3 is 2.09 bits per heavy atom. The van der Waals surface area contributed by atoms with Crippen molar-refractivity contribution < 1.29 is 4.79 Å². The summed E-state index contributed by atoms with van der Waals surface area (Å²) in [5.41, 5.74) is 2.05. The highest BCUT2D eigenvalue weighted by Gasteiger charge is 2.06. The summed E-state index contributed by atoms with van der Waals surface area (Å²) in [6, 6.07) is 0. The molecule has 0 amide bonds. The highest BCUT2D eigenvalue weighted by molar-refractivity contribution is 6.81. The van der Waals surface area contributed by atoms with E-state index in [1.807, 2.05) is 6.92 Å². The fraction of sp³-hybridized carbons (Fsp3) is 0.444. The average Bonchev–Trinajstić information content (AvgIpc) is 1.83. The maximum Gasteiger partial charge on any atom is 0.177 e. The number of hydrogen-bond acceptors (Lipinski definition) is 1. The van der Waals surface area contributed by atoms with Gasteiger partial charge in [-0.1, -0.05) is 31.4 Å². The van der Waals surface area contributed by atoms with Gasteiger partial charge in [0.15, 0.2) is 5.78 Å². The Balaban J connectivity index is 4.04. The topological polar surface area (TPSA) is 17.1 Å². The van der Waals surface area contributed by atoms with Crippen molar-refractivity contribution in [1.29, 1.82) is 0 Å². The summed E-state index contributed by atoms with van der Waals surface area (Å²) in [6.07, 6.45) is 5.01. The molecule has 62 valence electrons. The van der Waals surface area contributed by atoms with E-state index < -0.39 is 8.07 Å². The molecule has 0 aliphatic rings. The lowest BCUT2D eigenvalue weighted by Gasteiger charge is -2.06. The normalized spacial score (nSPS) is 13.1. The number of ketones is 1. The fourth-order valence-electron chi connectivity index (χ4n) is 0.552. The molecule has 0 aromatic carbocycles. The summed E-state index contributed by atoms with van der Waals surface area (Å²) < 4.78 is 0. The molecule has 0 bridgehead atoms. The Morgan fingerprint density at radius 2 is 1.73 bits per heavy atom. The maximum atomic E-state index is 10.9. The Bertz CT molecular complexity index is 184. The van der Waals surface area contributed by atoms with Crippen LogP contribution in [0.3, 0.4) is 0 Å². The molecule has 0 saturated carbocycles. The SMILES string of the molecule is C/C=C/C(=O)/C=C/[Si](C)(C)C. The molecule has 1 nitrogen and oxygen atoms in total. The summed E-state index contributed by atoms with van der Waals surface area (Å²) in [7, 11) is -1.18. The van der Waals surface area contributed by atoms with Crippen LogP contribution in [0.15, 0.2) is 23.9 Å². The molecule has 0 aliphatic carbocycles. The van der Waals surface area contributed by atoms with Crippen molar-refractivity contribution in [2.75, 3.05) is 0 Å². The minimum atomic E-state index is -1.18.